The fourth-order valence-electron chi connectivity index (χ4n) is 2.02. The molecule has 5 nitrogen and oxygen atoms in total. The molecule has 1 fully saturated rings. The number of nitrogens with zero attached hydrogens (tertiary/aromatic N) is 1. The average molecular weight is 304 g/mol. The maximum Gasteiger partial charge on any atom is 0.303 e. The largest absolute Gasteiger partial charge is 0.481 e. The van der Waals surface area contributed by atoms with Crippen LogP contribution < -0.4 is 0 Å². The number of hydrogen-bond acceptors (Lipinski definition) is 3. The molecule has 0 unspecified atom stereocenters. The predicted octanol–water partition coefficient (Wildman–Crippen LogP) is 1.74. The summed E-state index contributed by atoms with van der Waals surface area (Å²) < 4.78 is 25.8. The minimum absolute atomic E-state index is 0.00562. The van der Waals surface area contributed by atoms with E-state index in [1.165, 1.54) is 16.4 Å². The van der Waals surface area contributed by atoms with Crippen molar-refractivity contribution in [3.63, 3.8) is 0 Å². The van der Waals surface area contributed by atoms with E-state index in [4.69, 9.17) is 16.7 Å². The van der Waals surface area contributed by atoms with Gasteiger partial charge in [-0.2, -0.15) is 4.31 Å². The Labute approximate surface area is 116 Å². The normalized spacial score (nSPS) is 17.2. The standard InChI is InChI=1S/C12H14ClNO4S/c1-8-4-10(2-3-11(8)13)19(17,18)14-6-9(7-14)5-12(15)16/h2-4,9H,5-7H2,1H3,(H,15,16). The lowest BCUT2D eigenvalue weighted by atomic mass is 10.00. The van der Waals surface area contributed by atoms with Crippen LogP contribution in [0.2, 0.25) is 5.02 Å². The van der Waals surface area contributed by atoms with E-state index in [0.717, 1.165) is 0 Å². The summed E-state index contributed by atoms with van der Waals surface area (Å²) in [5.41, 5.74) is 0.699. The quantitative estimate of drug-likeness (QED) is 0.919. The van der Waals surface area contributed by atoms with Crippen molar-refractivity contribution >= 4 is 27.6 Å². The van der Waals surface area contributed by atoms with Gasteiger partial charge < -0.3 is 5.11 Å². The fourth-order valence-corrected chi connectivity index (χ4v) is 3.82. The number of sulfonamides is 1. The van der Waals surface area contributed by atoms with Crippen LogP contribution in [0.25, 0.3) is 0 Å². The van der Waals surface area contributed by atoms with Crippen LogP contribution in [0.5, 0.6) is 0 Å². The van der Waals surface area contributed by atoms with E-state index in [9.17, 15) is 13.2 Å². The molecule has 0 bridgehead atoms. The third-order valence-corrected chi connectivity index (χ3v) is 5.41. The lowest BCUT2D eigenvalue weighted by Gasteiger charge is -2.37. The highest BCUT2D eigenvalue weighted by Crippen LogP contribution is 2.28. The Morgan fingerprint density at radius 3 is 2.63 bits per heavy atom. The molecule has 1 saturated heterocycles. The lowest BCUT2D eigenvalue weighted by molar-refractivity contribution is -0.139. The Bertz CT molecular complexity index is 608. The second-order valence-electron chi connectivity index (χ2n) is 4.70. The second-order valence-corrected chi connectivity index (χ2v) is 7.04. The molecule has 7 heteroatoms. The third-order valence-electron chi connectivity index (χ3n) is 3.15. The molecule has 19 heavy (non-hydrogen) atoms. The molecular formula is C12H14ClNO4S. The summed E-state index contributed by atoms with van der Waals surface area (Å²) in [7, 11) is -3.53. The summed E-state index contributed by atoms with van der Waals surface area (Å²) in [6.45, 7) is 2.26. The van der Waals surface area contributed by atoms with Crippen LogP contribution in [-0.4, -0.2) is 36.9 Å². The molecule has 1 aromatic rings. The molecule has 104 valence electrons. The summed E-state index contributed by atoms with van der Waals surface area (Å²) in [5, 5.41) is 9.16. The molecule has 0 aromatic heterocycles. The van der Waals surface area contributed by atoms with E-state index in [1.807, 2.05) is 0 Å². The number of halogens is 1. The smallest absolute Gasteiger partial charge is 0.303 e. The van der Waals surface area contributed by atoms with Gasteiger partial charge in [0.2, 0.25) is 10.0 Å². The van der Waals surface area contributed by atoms with Crippen LogP contribution in [0.3, 0.4) is 0 Å². The summed E-state index contributed by atoms with van der Waals surface area (Å²) in [5.74, 6) is -0.995. The summed E-state index contributed by atoms with van der Waals surface area (Å²) in [6, 6.07) is 4.55. The molecular weight excluding hydrogens is 290 g/mol. The Morgan fingerprint density at radius 2 is 2.11 bits per heavy atom. The van der Waals surface area contributed by atoms with Crippen molar-refractivity contribution in [2.75, 3.05) is 13.1 Å². The highest BCUT2D eigenvalue weighted by atomic mass is 35.5. The summed E-state index contributed by atoms with van der Waals surface area (Å²) in [4.78, 5) is 10.7. The van der Waals surface area contributed by atoms with Gasteiger partial charge in [-0.05, 0) is 36.6 Å². The molecule has 0 radical (unpaired) electrons. The van der Waals surface area contributed by atoms with E-state index in [-0.39, 0.29) is 30.3 Å². The summed E-state index contributed by atoms with van der Waals surface area (Å²) >= 11 is 5.86. The SMILES string of the molecule is Cc1cc(S(=O)(=O)N2CC(CC(=O)O)C2)ccc1Cl. The Kier molecular flexibility index (Phi) is 3.85. The van der Waals surface area contributed by atoms with Crippen LogP contribution in [-0.2, 0) is 14.8 Å². The summed E-state index contributed by atoms with van der Waals surface area (Å²) in [6.07, 6.45) is 0.00562. The fraction of sp³-hybridized carbons (Fsp3) is 0.417. The maximum absolute atomic E-state index is 12.2. The highest BCUT2D eigenvalue weighted by molar-refractivity contribution is 7.89. The first-order valence-corrected chi connectivity index (χ1v) is 7.60. The van der Waals surface area contributed by atoms with Crippen LogP contribution in [0.4, 0.5) is 0 Å². The number of aryl methyl sites for hydroxylation is 1. The van der Waals surface area contributed by atoms with E-state index < -0.39 is 16.0 Å². The van der Waals surface area contributed by atoms with Crippen molar-refractivity contribution in [1.29, 1.82) is 0 Å². The van der Waals surface area contributed by atoms with E-state index >= 15 is 0 Å². The van der Waals surface area contributed by atoms with E-state index in [0.29, 0.717) is 10.6 Å². The van der Waals surface area contributed by atoms with Crippen molar-refractivity contribution in [3.05, 3.63) is 28.8 Å². The molecule has 1 aliphatic heterocycles. The lowest BCUT2D eigenvalue weighted by Crippen LogP contribution is -2.50. The van der Waals surface area contributed by atoms with Crippen LogP contribution >= 0.6 is 11.6 Å². The van der Waals surface area contributed by atoms with Gasteiger partial charge in [0, 0.05) is 18.1 Å². The molecule has 0 aliphatic carbocycles. The molecule has 0 amide bonds. The van der Waals surface area contributed by atoms with Crippen molar-refractivity contribution in [2.45, 2.75) is 18.2 Å². The molecule has 0 atom stereocenters. The van der Waals surface area contributed by atoms with Gasteiger partial charge in [0.15, 0.2) is 0 Å². The van der Waals surface area contributed by atoms with E-state index in [2.05, 4.69) is 0 Å². The van der Waals surface area contributed by atoms with Crippen molar-refractivity contribution in [2.24, 2.45) is 5.92 Å². The Morgan fingerprint density at radius 1 is 1.47 bits per heavy atom. The monoisotopic (exact) mass is 303 g/mol. The number of rotatable bonds is 4. The Hall–Kier alpha value is -1.11. The van der Waals surface area contributed by atoms with Gasteiger partial charge in [0.05, 0.1) is 11.3 Å². The zero-order valence-electron chi connectivity index (χ0n) is 10.3. The number of benzene rings is 1. The highest BCUT2D eigenvalue weighted by Gasteiger charge is 2.37. The molecule has 1 N–H and O–H groups in total. The first kappa shape index (κ1) is 14.3. The number of carboxylic acid groups (broad SMARTS) is 1. The average Bonchev–Trinajstić information content (AvgIpc) is 2.26. The topological polar surface area (TPSA) is 74.7 Å². The third kappa shape index (κ3) is 2.91. The number of carbonyl (C=O) groups is 1. The van der Waals surface area contributed by atoms with Crippen molar-refractivity contribution in [3.8, 4) is 0 Å². The molecule has 0 saturated carbocycles. The molecule has 1 aliphatic rings. The van der Waals surface area contributed by atoms with Crippen LogP contribution in [0, 0.1) is 12.8 Å². The molecule has 1 heterocycles. The minimum Gasteiger partial charge on any atom is -0.481 e. The molecule has 2 rings (SSSR count). The van der Waals surface area contributed by atoms with Gasteiger partial charge in [0.1, 0.15) is 0 Å². The first-order valence-electron chi connectivity index (χ1n) is 5.79. The number of aliphatic carboxylic acids is 1. The van der Waals surface area contributed by atoms with Crippen molar-refractivity contribution < 1.29 is 18.3 Å². The van der Waals surface area contributed by atoms with E-state index in [1.54, 1.807) is 13.0 Å². The minimum atomic E-state index is -3.53. The first-order chi connectivity index (χ1) is 8.80. The van der Waals surface area contributed by atoms with Gasteiger partial charge in [-0.1, -0.05) is 11.6 Å². The second kappa shape index (κ2) is 5.11. The van der Waals surface area contributed by atoms with Crippen molar-refractivity contribution in [1.82, 2.24) is 4.31 Å². The molecule has 0 spiro atoms. The van der Waals surface area contributed by atoms with Gasteiger partial charge in [0.25, 0.3) is 0 Å². The van der Waals surface area contributed by atoms with Gasteiger partial charge >= 0.3 is 5.97 Å². The maximum atomic E-state index is 12.2. The van der Waals surface area contributed by atoms with Crippen LogP contribution in [0.15, 0.2) is 23.1 Å². The zero-order valence-corrected chi connectivity index (χ0v) is 11.9. The van der Waals surface area contributed by atoms with Crippen LogP contribution in [0.1, 0.15) is 12.0 Å². The van der Waals surface area contributed by atoms with Gasteiger partial charge in [-0.25, -0.2) is 8.42 Å². The number of carboxylic acids is 1. The zero-order chi connectivity index (χ0) is 14.2. The van der Waals surface area contributed by atoms with Gasteiger partial charge in [-0.15, -0.1) is 0 Å². The van der Waals surface area contributed by atoms with Gasteiger partial charge in [-0.3, -0.25) is 4.79 Å². The molecule has 1 aromatic carbocycles. The predicted molar refractivity (Wildman–Crippen MR) is 70.7 cm³/mol. The Balaban J connectivity index is 2.12. The number of hydrogen-bond donors (Lipinski definition) is 1.